The van der Waals surface area contributed by atoms with Crippen molar-refractivity contribution in [2.24, 2.45) is 0 Å². The lowest BCUT2D eigenvalue weighted by molar-refractivity contribution is -0.140. The molecule has 0 unspecified atom stereocenters. The molecule has 6 nitrogen and oxygen atoms in total. The van der Waals surface area contributed by atoms with Crippen molar-refractivity contribution in [1.29, 1.82) is 0 Å². The van der Waals surface area contributed by atoms with Crippen molar-refractivity contribution in [3.8, 4) is 0 Å². The molecule has 0 spiro atoms. The molecule has 3 N–H and O–H groups in total. The fraction of sp³-hybridized carbons (Fsp3) is 0.364. The number of aromatic nitrogens is 1. The van der Waals surface area contributed by atoms with Crippen molar-refractivity contribution in [2.45, 2.75) is 12.8 Å². The molecule has 0 aromatic carbocycles. The van der Waals surface area contributed by atoms with Crippen molar-refractivity contribution >= 4 is 30.0 Å². The van der Waals surface area contributed by atoms with Gasteiger partial charge in [-0.25, -0.2) is 0 Å². The first kappa shape index (κ1) is 16.2. The van der Waals surface area contributed by atoms with Crippen molar-refractivity contribution in [3.05, 3.63) is 24.0 Å². The number of carbonyl (C=O) groups excluding carboxylic acids is 2. The van der Waals surface area contributed by atoms with E-state index < -0.39 is 0 Å². The van der Waals surface area contributed by atoms with E-state index in [9.17, 15) is 9.59 Å². The standard InChI is InChI=1S/C11H15N3O3.ClH/c1-17-11(16)4-5-13-10(15)6-9-3-2-8(12)7-14-9;/h2-3,7H,4-6,12H2,1H3,(H,13,15);1H. The number of hydrogen-bond acceptors (Lipinski definition) is 5. The molecular weight excluding hydrogens is 258 g/mol. The van der Waals surface area contributed by atoms with Crippen LogP contribution < -0.4 is 11.1 Å². The summed E-state index contributed by atoms with van der Waals surface area (Å²) in [6.45, 7) is 0.264. The Bertz CT molecular complexity index is 395. The normalized spacial score (nSPS) is 9.17. The van der Waals surface area contributed by atoms with Crippen LogP contribution in [0.2, 0.25) is 0 Å². The molecule has 0 aliphatic carbocycles. The predicted octanol–water partition coefficient (Wildman–Crippen LogP) is 0.307. The number of carbonyl (C=O) groups is 2. The van der Waals surface area contributed by atoms with Gasteiger partial charge in [-0.2, -0.15) is 0 Å². The molecule has 7 heteroatoms. The lowest BCUT2D eigenvalue weighted by Crippen LogP contribution is -2.28. The zero-order chi connectivity index (χ0) is 12.7. The number of anilines is 1. The summed E-state index contributed by atoms with van der Waals surface area (Å²) in [5, 5.41) is 2.60. The minimum atomic E-state index is -0.351. The summed E-state index contributed by atoms with van der Waals surface area (Å²) in [6.07, 6.45) is 1.83. The fourth-order valence-electron chi connectivity index (χ4n) is 1.17. The largest absolute Gasteiger partial charge is 0.469 e. The minimum Gasteiger partial charge on any atom is -0.469 e. The van der Waals surface area contributed by atoms with Crippen LogP contribution in [0.4, 0.5) is 5.69 Å². The van der Waals surface area contributed by atoms with Crippen LogP contribution in [-0.2, 0) is 20.7 Å². The van der Waals surface area contributed by atoms with Crippen LogP contribution in [0.1, 0.15) is 12.1 Å². The molecule has 0 saturated carbocycles. The lowest BCUT2D eigenvalue weighted by Gasteiger charge is -2.04. The molecule has 1 aromatic rings. The summed E-state index contributed by atoms with van der Waals surface area (Å²) in [7, 11) is 1.31. The zero-order valence-electron chi connectivity index (χ0n) is 10.0. The van der Waals surface area contributed by atoms with Crippen LogP contribution in [-0.4, -0.2) is 30.5 Å². The van der Waals surface area contributed by atoms with Gasteiger partial charge in [-0.05, 0) is 12.1 Å². The average molecular weight is 274 g/mol. The van der Waals surface area contributed by atoms with E-state index in [1.54, 1.807) is 12.1 Å². The Morgan fingerprint density at radius 2 is 2.17 bits per heavy atom. The van der Waals surface area contributed by atoms with Crippen LogP contribution >= 0.6 is 12.4 Å². The molecule has 1 aromatic heterocycles. The second-order valence-corrected chi connectivity index (χ2v) is 3.44. The molecule has 0 radical (unpaired) electrons. The molecule has 1 heterocycles. The molecule has 0 saturated heterocycles. The van der Waals surface area contributed by atoms with Gasteiger partial charge >= 0.3 is 5.97 Å². The predicted molar refractivity (Wildman–Crippen MR) is 69.2 cm³/mol. The number of pyridine rings is 1. The molecule has 100 valence electrons. The average Bonchev–Trinajstić information content (AvgIpc) is 2.32. The summed E-state index contributed by atoms with van der Waals surface area (Å²) in [5.74, 6) is -0.540. The molecule has 0 atom stereocenters. The third-order valence-corrected chi connectivity index (χ3v) is 2.07. The third-order valence-electron chi connectivity index (χ3n) is 2.07. The van der Waals surface area contributed by atoms with Gasteiger partial charge in [0.15, 0.2) is 0 Å². The summed E-state index contributed by atoms with van der Waals surface area (Å²) < 4.78 is 4.45. The van der Waals surface area contributed by atoms with Crippen molar-refractivity contribution in [1.82, 2.24) is 10.3 Å². The molecule has 1 amide bonds. The fourth-order valence-corrected chi connectivity index (χ4v) is 1.17. The van der Waals surface area contributed by atoms with E-state index in [0.29, 0.717) is 11.4 Å². The molecule has 1 rings (SSSR count). The van der Waals surface area contributed by atoms with Gasteiger partial charge in [0, 0.05) is 12.2 Å². The van der Waals surface area contributed by atoms with Gasteiger partial charge in [0.1, 0.15) is 0 Å². The molecule has 0 bridgehead atoms. The maximum Gasteiger partial charge on any atom is 0.307 e. The highest BCUT2D eigenvalue weighted by Crippen LogP contribution is 2.01. The maximum atomic E-state index is 11.4. The Labute approximate surface area is 111 Å². The first-order valence-corrected chi connectivity index (χ1v) is 5.15. The van der Waals surface area contributed by atoms with Gasteiger partial charge in [0.05, 0.1) is 31.8 Å². The molecule has 18 heavy (non-hydrogen) atoms. The number of amides is 1. The summed E-state index contributed by atoms with van der Waals surface area (Å²) >= 11 is 0. The first-order valence-electron chi connectivity index (χ1n) is 5.15. The van der Waals surface area contributed by atoms with Gasteiger partial charge < -0.3 is 15.8 Å². The Balaban J connectivity index is 0.00000289. The smallest absolute Gasteiger partial charge is 0.307 e. The topological polar surface area (TPSA) is 94.3 Å². The number of ether oxygens (including phenoxy) is 1. The first-order chi connectivity index (χ1) is 8.11. The Morgan fingerprint density at radius 3 is 2.72 bits per heavy atom. The Morgan fingerprint density at radius 1 is 1.44 bits per heavy atom. The van der Waals surface area contributed by atoms with E-state index in [-0.39, 0.29) is 43.7 Å². The highest BCUT2D eigenvalue weighted by Gasteiger charge is 2.05. The number of nitrogens with one attached hydrogen (secondary N) is 1. The highest BCUT2D eigenvalue weighted by molar-refractivity contribution is 5.85. The Hall–Kier alpha value is -1.82. The number of esters is 1. The van der Waals surface area contributed by atoms with E-state index in [1.807, 2.05) is 0 Å². The number of nitrogens with zero attached hydrogens (tertiary/aromatic N) is 1. The van der Waals surface area contributed by atoms with E-state index in [2.05, 4.69) is 15.0 Å². The third kappa shape index (κ3) is 6.05. The SMILES string of the molecule is COC(=O)CCNC(=O)Cc1ccc(N)cn1.Cl. The van der Waals surface area contributed by atoms with Crippen LogP contribution in [0, 0.1) is 0 Å². The van der Waals surface area contributed by atoms with Crippen LogP contribution in [0.15, 0.2) is 18.3 Å². The monoisotopic (exact) mass is 273 g/mol. The van der Waals surface area contributed by atoms with E-state index >= 15 is 0 Å². The second kappa shape index (κ2) is 8.30. The van der Waals surface area contributed by atoms with E-state index in [0.717, 1.165) is 0 Å². The number of rotatable bonds is 5. The Kier molecular flexibility index (Phi) is 7.46. The summed E-state index contributed by atoms with van der Waals surface area (Å²) in [5.41, 5.74) is 6.66. The molecule has 0 fully saturated rings. The molecule has 0 aliphatic heterocycles. The quantitative estimate of drug-likeness (QED) is 0.753. The maximum absolute atomic E-state index is 11.4. The van der Waals surface area contributed by atoms with Crippen molar-refractivity contribution in [2.75, 3.05) is 19.4 Å². The van der Waals surface area contributed by atoms with Gasteiger partial charge in [-0.3, -0.25) is 14.6 Å². The number of methoxy groups -OCH3 is 1. The molecule has 0 aliphatic rings. The van der Waals surface area contributed by atoms with Crippen LogP contribution in [0.5, 0.6) is 0 Å². The number of hydrogen-bond donors (Lipinski definition) is 2. The van der Waals surface area contributed by atoms with Crippen LogP contribution in [0.25, 0.3) is 0 Å². The van der Waals surface area contributed by atoms with Gasteiger partial charge in [0.2, 0.25) is 5.91 Å². The van der Waals surface area contributed by atoms with Gasteiger partial charge in [0.25, 0.3) is 0 Å². The number of nitrogen functional groups attached to an aromatic ring is 1. The minimum absolute atomic E-state index is 0. The zero-order valence-corrected chi connectivity index (χ0v) is 10.8. The lowest BCUT2D eigenvalue weighted by atomic mass is 10.2. The second-order valence-electron chi connectivity index (χ2n) is 3.44. The number of nitrogens with two attached hydrogens (primary N) is 1. The van der Waals surface area contributed by atoms with Gasteiger partial charge in [-0.15, -0.1) is 12.4 Å². The van der Waals surface area contributed by atoms with Crippen molar-refractivity contribution in [3.63, 3.8) is 0 Å². The summed E-state index contributed by atoms with van der Waals surface area (Å²) in [6, 6.07) is 3.37. The molecular formula is C11H16ClN3O3. The van der Waals surface area contributed by atoms with Crippen LogP contribution in [0.3, 0.4) is 0 Å². The van der Waals surface area contributed by atoms with E-state index in [4.69, 9.17) is 5.73 Å². The van der Waals surface area contributed by atoms with E-state index in [1.165, 1.54) is 13.3 Å². The summed E-state index contributed by atoms with van der Waals surface area (Å²) in [4.78, 5) is 26.2. The number of halogens is 1. The van der Waals surface area contributed by atoms with Gasteiger partial charge in [-0.1, -0.05) is 0 Å². The highest BCUT2D eigenvalue weighted by atomic mass is 35.5. The van der Waals surface area contributed by atoms with Crippen molar-refractivity contribution < 1.29 is 14.3 Å².